The molecule has 21 heavy (non-hydrogen) atoms. The van der Waals surface area contributed by atoms with Gasteiger partial charge in [-0.05, 0) is 30.7 Å². The van der Waals surface area contributed by atoms with E-state index in [0.29, 0.717) is 5.69 Å². The molecule has 0 saturated carbocycles. The maximum Gasteiger partial charge on any atom is 0.322 e. The number of carbonyl (C=O) groups is 2. The van der Waals surface area contributed by atoms with Crippen molar-refractivity contribution in [2.24, 2.45) is 0 Å². The van der Waals surface area contributed by atoms with Gasteiger partial charge in [0, 0.05) is 11.8 Å². The molecule has 2 aromatic rings. The van der Waals surface area contributed by atoms with E-state index in [1.807, 2.05) is 0 Å². The highest BCUT2D eigenvalue weighted by Crippen LogP contribution is 2.22. The van der Waals surface area contributed by atoms with Crippen molar-refractivity contribution in [3.05, 3.63) is 41.9 Å². The lowest BCUT2D eigenvalue weighted by molar-refractivity contribution is -0.135. The summed E-state index contributed by atoms with van der Waals surface area (Å²) in [6.45, 7) is 1.33. The summed E-state index contributed by atoms with van der Waals surface area (Å²) >= 11 is 0. The lowest BCUT2D eigenvalue weighted by Gasteiger charge is -2.07. The SMILES string of the molecule is Cc1cc(C(=O)NCC(=O)O)ncc1-c1ccc(O)cn1. The number of aromatic nitrogens is 2. The average molecular weight is 287 g/mol. The smallest absolute Gasteiger partial charge is 0.322 e. The molecular formula is C14H13N3O4. The van der Waals surface area contributed by atoms with Crippen LogP contribution in [-0.2, 0) is 4.79 Å². The number of aryl methyl sites for hydroxylation is 1. The van der Waals surface area contributed by atoms with E-state index in [-0.39, 0.29) is 11.4 Å². The molecule has 108 valence electrons. The molecule has 7 nitrogen and oxygen atoms in total. The van der Waals surface area contributed by atoms with E-state index in [1.165, 1.54) is 18.5 Å². The quantitative estimate of drug-likeness (QED) is 0.772. The largest absolute Gasteiger partial charge is 0.506 e. The molecule has 3 N–H and O–H groups in total. The minimum atomic E-state index is -1.12. The highest BCUT2D eigenvalue weighted by molar-refractivity contribution is 5.94. The van der Waals surface area contributed by atoms with Crippen LogP contribution in [0.25, 0.3) is 11.3 Å². The molecule has 2 rings (SSSR count). The molecule has 7 heteroatoms. The van der Waals surface area contributed by atoms with Crippen LogP contribution in [0.5, 0.6) is 5.75 Å². The molecular weight excluding hydrogens is 274 g/mol. The van der Waals surface area contributed by atoms with Crippen LogP contribution in [0.15, 0.2) is 30.6 Å². The van der Waals surface area contributed by atoms with E-state index >= 15 is 0 Å². The lowest BCUT2D eigenvalue weighted by Crippen LogP contribution is -2.29. The summed E-state index contributed by atoms with van der Waals surface area (Å²) in [5.74, 6) is -1.61. The maximum atomic E-state index is 11.7. The van der Waals surface area contributed by atoms with Crippen LogP contribution in [0.2, 0.25) is 0 Å². The molecule has 0 aromatic carbocycles. The van der Waals surface area contributed by atoms with Crippen molar-refractivity contribution in [2.75, 3.05) is 6.54 Å². The van der Waals surface area contributed by atoms with Crippen LogP contribution in [0, 0.1) is 6.92 Å². The second-order valence-corrected chi connectivity index (χ2v) is 4.36. The minimum Gasteiger partial charge on any atom is -0.506 e. The summed E-state index contributed by atoms with van der Waals surface area (Å²) in [4.78, 5) is 30.2. The number of pyridine rings is 2. The van der Waals surface area contributed by atoms with Crippen molar-refractivity contribution in [1.29, 1.82) is 0 Å². The molecule has 0 unspecified atom stereocenters. The highest BCUT2D eigenvalue weighted by atomic mass is 16.4. The lowest BCUT2D eigenvalue weighted by atomic mass is 10.1. The number of nitrogens with one attached hydrogen (secondary N) is 1. The van der Waals surface area contributed by atoms with Crippen molar-refractivity contribution in [3.8, 4) is 17.0 Å². The summed E-state index contributed by atoms with van der Waals surface area (Å²) < 4.78 is 0. The normalized spacial score (nSPS) is 10.1. The van der Waals surface area contributed by atoms with Gasteiger partial charge in [0.15, 0.2) is 0 Å². The molecule has 0 spiro atoms. The Balaban J connectivity index is 2.23. The number of carboxylic acid groups (broad SMARTS) is 1. The summed E-state index contributed by atoms with van der Waals surface area (Å²) in [6.07, 6.45) is 2.81. The Morgan fingerprint density at radius 3 is 2.57 bits per heavy atom. The van der Waals surface area contributed by atoms with Crippen LogP contribution in [-0.4, -0.2) is 38.6 Å². The van der Waals surface area contributed by atoms with Gasteiger partial charge >= 0.3 is 5.97 Å². The van der Waals surface area contributed by atoms with Gasteiger partial charge in [-0.2, -0.15) is 0 Å². The average Bonchev–Trinajstić information content (AvgIpc) is 2.45. The Morgan fingerprint density at radius 1 is 1.24 bits per heavy atom. The van der Waals surface area contributed by atoms with Gasteiger partial charge in [0.25, 0.3) is 5.91 Å². The number of aliphatic carboxylic acids is 1. The van der Waals surface area contributed by atoms with E-state index < -0.39 is 18.4 Å². The fourth-order valence-electron chi connectivity index (χ4n) is 1.74. The van der Waals surface area contributed by atoms with E-state index in [1.54, 1.807) is 19.1 Å². The Labute approximate surface area is 120 Å². The number of rotatable bonds is 4. The van der Waals surface area contributed by atoms with Gasteiger partial charge < -0.3 is 15.5 Å². The molecule has 0 fully saturated rings. The van der Waals surface area contributed by atoms with Gasteiger partial charge in [0.05, 0.1) is 11.9 Å². The van der Waals surface area contributed by atoms with E-state index in [0.717, 1.165) is 11.1 Å². The summed E-state index contributed by atoms with van der Waals surface area (Å²) in [7, 11) is 0. The molecule has 0 aliphatic carbocycles. The van der Waals surface area contributed by atoms with E-state index in [9.17, 15) is 14.7 Å². The monoisotopic (exact) mass is 287 g/mol. The maximum absolute atomic E-state index is 11.7. The molecule has 2 aromatic heterocycles. The van der Waals surface area contributed by atoms with Crippen LogP contribution in [0.4, 0.5) is 0 Å². The van der Waals surface area contributed by atoms with Crippen molar-refractivity contribution in [2.45, 2.75) is 6.92 Å². The Bertz CT molecular complexity index is 683. The highest BCUT2D eigenvalue weighted by Gasteiger charge is 2.12. The number of hydrogen-bond donors (Lipinski definition) is 3. The van der Waals surface area contributed by atoms with Crippen molar-refractivity contribution in [3.63, 3.8) is 0 Å². The molecule has 0 aliphatic heterocycles. The van der Waals surface area contributed by atoms with Crippen LogP contribution < -0.4 is 5.32 Å². The topological polar surface area (TPSA) is 112 Å². The molecule has 0 saturated heterocycles. The molecule has 0 bridgehead atoms. The zero-order valence-corrected chi connectivity index (χ0v) is 11.2. The predicted molar refractivity (Wildman–Crippen MR) is 73.8 cm³/mol. The molecule has 2 heterocycles. The van der Waals surface area contributed by atoms with Crippen molar-refractivity contribution < 1.29 is 19.8 Å². The van der Waals surface area contributed by atoms with Crippen molar-refractivity contribution in [1.82, 2.24) is 15.3 Å². The van der Waals surface area contributed by atoms with Gasteiger partial charge in [0.1, 0.15) is 18.0 Å². The number of nitrogens with zero attached hydrogens (tertiary/aromatic N) is 2. The standard InChI is InChI=1S/C14H13N3O4/c1-8-4-12(14(21)17-7-13(19)20)16-6-10(8)11-3-2-9(18)5-15-11/h2-6,18H,7H2,1H3,(H,17,21)(H,19,20). The first-order chi connectivity index (χ1) is 9.97. The van der Waals surface area contributed by atoms with Gasteiger partial charge in [-0.3, -0.25) is 19.6 Å². The number of carbonyl (C=O) groups excluding carboxylic acids is 1. The Morgan fingerprint density at radius 2 is 2.00 bits per heavy atom. The van der Waals surface area contributed by atoms with E-state index in [4.69, 9.17) is 5.11 Å². The van der Waals surface area contributed by atoms with Crippen molar-refractivity contribution >= 4 is 11.9 Å². The van der Waals surface area contributed by atoms with Crippen LogP contribution in [0.3, 0.4) is 0 Å². The molecule has 0 atom stereocenters. The minimum absolute atomic E-state index is 0.0639. The molecule has 0 aliphatic rings. The fraction of sp³-hybridized carbons (Fsp3) is 0.143. The first-order valence-corrected chi connectivity index (χ1v) is 6.09. The fourth-order valence-corrected chi connectivity index (χ4v) is 1.74. The number of aromatic hydroxyl groups is 1. The summed E-state index contributed by atoms with van der Waals surface area (Å²) in [6, 6.07) is 4.71. The molecule has 0 radical (unpaired) electrons. The number of amides is 1. The number of hydrogen-bond acceptors (Lipinski definition) is 5. The zero-order chi connectivity index (χ0) is 15.4. The molecule has 1 amide bonds. The van der Waals surface area contributed by atoms with Gasteiger partial charge in [0.2, 0.25) is 0 Å². The summed E-state index contributed by atoms with van der Waals surface area (Å²) in [5.41, 5.74) is 2.25. The Hall–Kier alpha value is -2.96. The van der Waals surface area contributed by atoms with E-state index in [2.05, 4.69) is 15.3 Å². The third-order valence-electron chi connectivity index (χ3n) is 2.77. The third kappa shape index (κ3) is 3.53. The van der Waals surface area contributed by atoms with Gasteiger partial charge in [-0.25, -0.2) is 0 Å². The predicted octanol–water partition coefficient (Wildman–Crippen LogP) is 0.972. The van der Waals surface area contributed by atoms with Gasteiger partial charge in [-0.15, -0.1) is 0 Å². The Kier molecular flexibility index (Phi) is 4.13. The first kappa shape index (κ1) is 14.4. The van der Waals surface area contributed by atoms with Crippen LogP contribution in [0.1, 0.15) is 16.1 Å². The second kappa shape index (κ2) is 6.00. The van der Waals surface area contributed by atoms with Gasteiger partial charge in [-0.1, -0.05) is 0 Å². The first-order valence-electron chi connectivity index (χ1n) is 6.09. The van der Waals surface area contributed by atoms with Crippen LogP contribution >= 0.6 is 0 Å². The second-order valence-electron chi connectivity index (χ2n) is 4.36. The number of carboxylic acids is 1. The summed E-state index contributed by atoms with van der Waals surface area (Å²) in [5, 5.41) is 20.0. The third-order valence-corrected chi connectivity index (χ3v) is 2.77. The zero-order valence-electron chi connectivity index (χ0n) is 11.2.